The maximum atomic E-state index is 12.8. The number of nitrogens with two attached hydrogens (primary N) is 1. The van der Waals surface area contributed by atoms with Gasteiger partial charge in [-0.2, -0.15) is 0 Å². The van der Waals surface area contributed by atoms with Gasteiger partial charge in [-0.3, -0.25) is 0 Å². The molecule has 2 rings (SSSR count). The fourth-order valence-corrected chi connectivity index (χ4v) is 3.69. The number of hydrogen-bond donors (Lipinski definition) is 2. The number of halogens is 2. The summed E-state index contributed by atoms with van der Waals surface area (Å²) in [6.45, 7) is 0.483. The van der Waals surface area contributed by atoms with Crippen LogP contribution in [0.4, 0.5) is 4.39 Å². The van der Waals surface area contributed by atoms with E-state index in [0.29, 0.717) is 6.54 Å². The van der Waals surface area contributed by atoms with Crippen LogP contribution in [-0.2, 0) is 10.0 Å². The first-order valence-corrected chi connectivity index (χ1v) is 7.49. The van der Waals surface area contributed by atoms with E-state index in [-0.39, 0.29) is 29.3 Å². The Labute approximate surface area is 119 Å². The number of sulfonamides is 1. The minimum Gasteiger partial charge on any atom is -0.330 e. The van der Waals surface area contributed by atoms with E-state index in [9.17, 15) is 12.8 Å². The molecule has 1 aromatic rings. The van der Waals surface area contributed by atoms with Crippen LogP contribution >= 0.6 is 12.4 Å². The van der Waals surface area contributed by atoms with E-state index in [2.05, 4.69) is 4.72 Å². The van der Waals surface area contributed by atoms with Crippen molar-refractivity contribution < 1.29 is 12.8 Å². The first-order valence-electron chi connectivity index (χ1n) is 6.01. The minimum atomic E-state index is -3.58. The second-order valence-electron chi connectivity index (χ2n) is 4.61. The summed E-state index contributed by atoms with van der Waals surface area (Å²) in [5, 5.41) is 0. The molecule has 0 spiro atoms. The van der Waals surface area contributed by atoms with E-state index in [0.717, 1.165) is 31.4 Å². The molecule has 1 aromatic carbocycles. The maximum Gasteiger partial charge on any atom is 0.240 e. The highest BCUT2D eigenvalue weighted by Gasteiger charge is 2.30. The lowest BCUT2D eigenvalue weighted by Gasteiger charge is -2.19. The van der Waals surface area contributed by atoms with Gasteiger partial charge >= 0.3 is 0 Å². The standard InChI is InChI=1S/C12H17FN2O2S.ClH/c13-10-4-6-11(7-5-10)18(16,17)15-12-3-1-2-9(12)8-14;/h4-7,9,12,15H,1-3,8,14H2;1H. The van der Waals surface area contributed by atoms with Crippen molar-refractivity contribution in [3.05, 3.63) is 30.1 Å². The summed E-state index contributed by atoms with van der Waals surface area (Å²) in [5.41, 5.74) is 5.62. The largest absolute Gasteiger partial charge is 0.330 e. The van der Waals surface area contributed by atoms with E-state index >= 15 is 0 Å². The summed E-state index contributed by atoms with van der Waals surface area (Å²) in [5.74, 6) is -0.255. The zero-order valence-electron chi connectivity index (χ0n) is 10.4. The first-order chi connectivity index (χ1) is 8.53. The SMILES string of the molecule is Cl.NCC1CCCC1NS(=O)(=O)c1ccc(F)cc1. The molecule has 1 aliphatic rings. The third kappa shape index (κ3) is 3.89. The molecule has 1 aliphatic carbocycles. The summed E-state index contributed by atoms with van der Waals surface area (Å²) in [6, 6.07) is 4.71. The third-order valence-corrected chi connectivity index (χ3v) is 4.90. The van der Waals surface area contributed by atoms with Gasteiger partial charge in [0.05, 0.1) is 4.90 Å². The predicted molar refractivity (Wildman–Crippen MR) is 74.2 cm³/mol. The second-order valence-corrected chi connectivity index (χ2v) is 6.32. The number of hydrogen-bond acceptors (Lipinski definition) is 3. The van der Waals surface area contributed by atoms with E-state index in [1.54, 1.807) is 0 Å². The van der Waals surface area contributed by atoms with Crippen LogP contribution in [0.1, 0.15) is 19.3 Å². The van der Waals surface area contributed by atoms with Gasteiger partial charge in [-0.25, -0.2) is 17.5 Å². The van der Waals surface area contributed by atoms with Crippen LogP contribution in [0.15, 0.2) is 29.2 Å². The van der Waals surface area contributed by atoms with Gasteiger partial charge in [0.2, 0.25) is 10.0 Å². The average Bonchev–Trinajstić information content (AvgIpc) is 2.76. The molecule has 1 fully saturated rings. The molecule has 3 N–H and O–H groups in total. The van der Waals surface area contributed by atoms with Crippen LogP contribution < -0.4 is 10.5 Å². The zero-order chi connectivity index (χ0) is 13.2. The van der Waals surface area contributed by atoms with Gasteiger partial charge in [-0.1, -0.05) is 6.42 Å². The second kappa shape index (κ2) is 6.65. The minimum absolute atomic E-state index is 0. The summed E-state index contributed by atoms with van der Waals surface area (Å²) in [6.07, 6.45) is 2.74. The summed E-state index contributed by atoms with van der Waals surface area (Å²) < 4.78 is 39.6. The van der Waals surface area contributed by atoms with E-state index in [1.807, 2.05) is 0 Å². The van der Waals surface area contributed by atoms with Gasteiger partial charge in [0.15, 0.2) is 0 Å². The van der Waals surface area contributed by atoms with Crippen molar-refractivity contribution in [1.82, 2.24) is 4.72 Å². The topological polar surface area (TPSA) is 72.2 Å². The average molecular weight is 309 g/mol. The van der Waals surface area contributed by atoms with Crippen LogP contribution in [0, 0.1) is 11.7 Å². The van der Waals surface area contributed by atoms with Crippen molar-refractivity contribution in [2.24, 2.45) is 11.7 Å². The fourth-order valence-electron chi connectivity index (χ4n) is 2.36. The Bertz CT molecular complexity index is 507. The molecule has 0 bridgehead atoms. The van der Waals surface area contributed by atoms with Gasteiger partial charge in [0, 0.05) is 6.04 Å². The van der Waals surface area contributed by atoms with Crippen molar-refractivity contribution in [3.63, 3.8) is 0 Å². The van der Waals surface area contributed by atoms with Crippen molar-refractivity contribution in [1.29, 1.82) is 0 Å². The first kappa shape index (κ1) is 16.4. The van der Waals surface area contributed by atoms with E-state index in [4.69, 9.17) is 5.73 Å². The van der Waals surface area contributed by atoms with Crippen molar-refractivity contribution in [2.75, 3.05) is 6.54 Å². The van der Waals surface area contributed by atoms with E-state index < -0.39 is 15.8 Å². The van der Waals surface area contributed by atoms with Gasteiger partial charge in [0.25, 0.3) is 0 Å². The Morgan fingerprint density at radius 3 is 2.47 bits per heavy atom. The molecule has 0 heterocycles. The fraction of sp³-hybridized carbons (Fsp3) is 0.500. The maximum absolute atomic E-state index is 12.8. The number of benzene rings is 1. The molecule has 0 amide bonds. The van der Waals surface area contributed by atoms with Crippen molar-refractivity contribution in [3.8, 4) is 0 Å². The molecule has 2 atom stereocenters. The zero-order valence-corrected chi connectivity index (χ0v) is 12.0. The highest BCUT2D eigenvalue weighted by atomic mass is 35.5. The van der Waals surface area contributed by atoms with Crippen LogP contribution in [-0.4, -0.2) is 21.0 Å². The van der Waals surface area contributed by atoms with Gasteiger partial charge in [-0.15, -0.1) is 12.4 Å². The van der Waals surface area contributed by atoms with Crippen molar-refractivity contribution in [2.45, 2.75) is 30.2 Å². The lowest BCUT2D eigenvalue weighted by atomic mass is 10.1. The molecule has 1 saturated carbocycles. The summed E-state index contributed by atoms with van der Waals surface area (Å²) >= 11 is 0. The third-order valence-electron chi connectivity index (χ3n) is 3.39. The summed E-state index contributed by atoms with van der Waals surface area (Å²) in [7, 11) is -3.58. The number of nitrogens with one attached hydrogen (secondary N) is 1. The molecule has 2 unspecified atom stereocenters. The smallest absolute Gasteiger partial charge is 0.240 e. The van der Waals surface area contributed by atoms with Crippen LogP contribution in [0.25, 0.3) is 0 Å². The Balaban J connectivity index is 0.00000180. The Morgan fingerprint density at radius 2 is 1.89 bits per heavy atom. The monoisotopic (exact) mass is 308 g/mol. The molecule has 108 valence electrons. The van der Waals surface area contributed by atoms with E-state index in [1.165, 1.54) is 12.1 Å². The van der Waals surface area contributed by atoms with Crippen LogP contribution in [0.5, 0.6) is 0 Å². The Morgan fingerprint density at radius 1 is 1.26 bits per heavy atom. The van der Waals surface area contributed by atoms with Gasteiger partial charge < -0.3 is 5.73 Å². The normalized spacial score (nSPS) is 23.1. The molecular weight excluding hydrogens is 291 g/mol. The quantitative estimate of drug-likeness (QED) is 0.888. The molecule has 19 heavy (non-hydrogen) atoms. The molecule has 4 nitrogen and oxygen atoms in total. The summed E-state index contributed by atoms with van der Waals surface area (Å²) in [4.78, 5) is 0.0894. The number of rotatable bonds is 4. The predicted octanol–water partition coefficient (Wildman–Crippen LogP) is 1.65. The molecule has 0 radical (unpaired) electrons. The Kier molecular flexibility index (Phi) is 5.73. The molecule has 0 aromatic heterocycles. The Hall–Kier alpha value is -0.690. The molecule has 0 aliphatic heterocycles. The molecule has 7 heteroatoms. The van der Waals surface area contributed by atoms with Gasteiger partial charge in [-0.05, 0) is 49.6 Å². The lowest BCUT2D eigenvalue weighted by molar-refractivity contribution is 0.453. The lowest BCUT2D eigenvalue weighted by Crippen LogP contribution is -2.39. The highest BCUT2D eigenvalue weighted by Crippen LogP contribution is 2.26. The van der Waals surface area contributed by atoms with Crippen LogP contribution in [0.3, 0.4) is 0 Å². The van der Waals surface area contributed by atoms with Crippen molar-refractivity contribution >= 4 is 22.4 Å². The highest BCUT2D eigenvalue weighted by molar-refractivity contribution is 7.89. The molecule has 0 saturated heterocycles. The van der Waals surface area contributed by atoms with Crippen LogP contribution in [0.2, 0.25) is 0 Å². The van der Waals surface area contributed by atoms with Gasteiger partial charge in [0.1, 0.15) is 5.82 Å². The molecular formula is C12H18ClFN2O2S.